The molecule has 8 heterocycles. The van der Waals surface area contributed by atoms with Gasteiger partial charge in [-0.1, -0.05) is 31.4 Å². The summed E-state index contributed by atoms with van der Waals surface area (Å²) in [5.74, 6) is -11.2. The number of aromatic amines is 1. The molecule has 7 atom stereocenters. The van der Waals surface area contributed by atoms with Crippen LogP contribution >= 0.6 is 45.3 Å². The zero-order valence-corrected chi connectivity index (χ0v) is 55.3. The molecule has 0 spiro atoms. The van der Waals surface area contributed by atoms with E-state index < -0.39 is 132 Å². The number of H-pyrrole nitrogens is 1. The van der Waals surface area contributed by atoms with Gasteiger partial charge < -0.3 is 79.4 Å². The lowest BCUT2D eigenvalue weighted by molar-refractivity contribution is -0.149. The van der Waals surface area contributed by atoms with Crippen molar-refractivity contribution < 1.29 is 72.5 Å². The summed E-state index contributed by atoms with van der Waals surface area (Å²) >= 11 is 3.71. The number of aliphatic hydroxyl groups excluding tert-OH is 1. The van der Waals surface area contributed by atoms with E-state index in [0.717, 1.165) is 50.2 Å². The van der Waals surface area contributed by atoms with E-state index in [0.29, 0.717) is 22.9 Å². The number of aromatic nitrogens is 6. The predicted molar refractivity (Wildman–Crippen MR) is 356 cm³/mol. The highest BCUT2D eigenvalue weighted by Crippen LogP contribution is 2.32. The molecule has 2 aliphatic heterocycles. The summed E-state index contributed by atoms with van der Waals surface area (Å²) in [6, 6.07) is 0.727. The minimum absolute atomic E-state index is 0.00947. The number of para-hydroxylation sites is 1. The summed E-state index contributed by atoms with van der Waals surface area (Å²) in [5.41, 5.74) is 11.1. The van der Waals surface area contributed by atoms with Crippen molar-refractivity contribution in [3.63, 3.8) is 0 Å². The minimum Gasteiger partial charge on any atom is -0.480 e. The second kappa shape index (κ2) is 31.7. The Kier molecular flexibility index (Phi) is 23.0. The number of nitrogens with one attached hydrogen (secondary N) is 10. The molecule has 6 bridgehead atoms. The van der Waals surface area contributed by atoms with Crippen LogP contribution in [0, 0.1) is 0 Å². The molecule has 7 unspecified atom stereocenters. The maximum atomic E-state index is 15.0. The van der Waals surface area contributed by atoms with Crippen molar-refractivity contribution >= 4 is 144 Å². The van der Waals surface area contributed by atoms with Crippen molar-refractivity contribution in [2.45, 2.75) is 101 Å². The number of likely N-dealkylation sites (tertiary alicyclic amines) is 1. The van der Waals surface area contributed by atoms with Crippen molar-refractivity contribution in [3.05, 3.63) is 121 Å². The van der Waals surface area contributed by atoms with Crippen LogP contribution in [0.2, 0.25) is 0 Å². The molecule has 0 aliphatic carbocycles. The van der Waals surface area contributed by atoms with E-state index >= 15 is 0 Å². The lowest BCUT2D eigenvalue weighted by Gasteiger charge is -2.28. The van der Waals surface area contributed by atoms with Gasteiger partial charge in [0.1, 0.15) is 90.8 Å². The molecule has 16 N–H and O–H groups in total. The highest BCUT2D eigenvalue weighted by molar-refractivity contribution is 7.13. The Balaban J connectivity index is 1.02. The summed E-state index contributed by atoms with van der Waals surface area (Å²) in [4.78, 5) is 201. The third-order valence-electron chi connectivity index (χ3n) is 15.3. The molecular formula is C61H64N18O15S4. The van der Waals surface area contributed by atoms with Crippen LogP contribution in [0.15, 0.2) is 77.3 Å². The Morgan fingerprint density at radius 1 is 0.704 bits per heavy atom. The van der Waals surface area contributed by atoms with E-state index in [1.807, 2.05) is 0 Å². The largest absolute Gasteiger partial charge is 0.480 e. The lowest BCUT2D eigenvalue weighted by Crippen LogP contribution is -2.55. The normalized spacial score (nSPS) is 19.2. The Hall–Kier alpha value is -11.0. The number of nitrogens with two attached hydrogens (primary N) is 2. The number of hydrogen-bond donors (Lipinski definition) is 14. The molecule has 0 radical (unpaired) electrons. The Bertz CT molecular complexity index is 4350. The van der Waals surface area contributed by atoms with E-state index in [-0.39, 0.29) is 116 Å². The fourth-order valence-corrected chi connectivity index (χ4v) is 13.2. The Morgan fingerprint density at radius 2 is 1.38 bits per heavy atom. The fraction of sp³-hybridized carbons (Fsp3) is 0.311. The van der Waals surface area contributed by atoms with Crippen LogP contribution in [-0.2, 0) is 49.6 Å². The van der Waals surface area contributed by atoms with Gasteiger partial charge in [-0.3, -0.25) is 57.5 Å². The van der Waals surface area contributed by atoms with Crippen LogP contribution in [0.1, 0.15) is 121 Å². The van der Waals surface area contributed by atoms with Gasteiger partial charge in [0.25, 0.3) is 23.6 Å². The van der Waals surface area contributed by atoms with E-state index in [1.165, 1.54) is 47.5 Å². The Labute approximate surface area is 571 Å². The zero-order chi connectivity index (χ0) is 70.6. The Morgan fingerprint density at radius 3 is 2.10 bits per heavy atom. The molecule has 6 aromatic heterocycles. The van der Waals surface area contributed by atoms with Gasteiger partial charge in [0.15, 0.2) is 0 Å². The zero-order valence-electron chi connectivity index (χ0n) is 52.1. The number of pyridine rings is 1. The standard InChI is InChI=1S/C61H64N18O15S4/c1-26-48(84)68-28(3)56-75-39(22-95-56)47-32(11-12-35(71-47)58-77-40(24-97-58)53(89)67-27(2)49(85)73-36(14-16-45(63)82)60(92)79-17-7-10-43(79)61(93)94)50(86)74-37(18-30-19-64-33-9-6-5-8-31(30)33)51(87)65-20-46(83)70-38(21-80)59-78-41(25-98-59)54(90)69-29(4)57-76-42(23-96-57)55(91)72-34(52(88)66-26)13-15-44(62)81/h5-6,8-9,11-12,19,22-27,34,36-38,43,64,80H,3-4,7,10,13-18,20-21H2,1-2H3,(H2,62,81)(H2,63,82)(H,65,87)(H,66,88)(H,67,89)(H,68,84)(H,69,90)(H,70,83)(H,72,91)(H,73,85)(H,74,86)(H,93,94). The first kappa shape index (κ1) is 71.3. The highest BCUT2D eigenvalue weighted by atomic mass is 32.1. The van der Waals surface area contributed by atoms with Crippen molar-refractivity contribution in [1.29, 1.82) is 0 Å². The third kappa shape index (κ3) is 17.5. The SMILES string of the molecule is C=C1NC(=O)c2csc(n2)C(CO)NC(=O)CNC(=O)C(Cc2c[nH]c3ccccc23)NC(=O)c2ccc(-c3nc(C(=O)NC(C)C(=O)NC(CCC(N)=O)C(=O)N4CCCC4C(=O)O)cs3)nc2-c2csc(n2)C(=C)NC(=O)C(C)NC(=O)C(CCC(N)=O)NC(=O)c2csc1n2. The van der Waals surface area contributed by atoms with Gasteiger partial charge in [-0.15, -0.1) is 45.3 Å². The first-order chi connectivity index (χ1) is 46.7. The smallest absolute Gasteiger partial charge is 0.326 e. The van der Waals surface area contributed by atoms with Crippen LogP contribution in [-0.4, -0.2) is 178 Å². The monoisotopic (exact) mass is 1420 g/mol. The lowest BCUT2D eigenvalue weighted by atomic mass is 10.0. The number of carbonyl (C=O) groups is 13. The number of hydrogen-bond acceptors (Lipinski definition) is 23. The molecule has 98 heavy (non-hydrogen) atoms. The van der Waals surface area contributed by atoms with Crippen LogP contribution in [0.4, 0.5) is 0 Å². The molecule has 1 fully saturated rings. The second-order valence-electron chi connectivity index (χ2n) is 22.3. The van der Waals surface area contributed by atoms with E-state index in [9.17, 15) is 72.5 Å². The number of carboxylic acid groups (broad SMARTS) is 1. The number of fused-ring (bicyclic) bond motifs is 9. The highest BCUT2D eigenvalue weighted by Gasteiger charge is 2.39. The maximum Gasteiger partial charge on any atom is 0.326 e. The fourth-order valence-electron chi connectivity index (χ4n) is 10.1. The number of aliphatic carboxylic acids is 1. The molecule has 0 saturated carbocycles. The van der Waals surface area contributed by atoms with Crippen molar-refractivity contribution in [2.24, 2.45) is 11.5 Å². The maximum absolute atomic E-state index is 15.0. The predicted octanol–water partition coefficient (Wildman–Crippen LogP) is 0.344. The number of carboxylic acids is 1. The molecule has 9 rings (SSSR count). The van der Waals surface area contributed by atoms with Crippen molar-refractivity contribution in [2.75, 3.05) is 19.7 Å². The van der Waals surface area contributed by atoms with Crippen LogP contribution < -0.4 is 59.3 Å². The second-order valence-corrected chi connectivity index (χ2v) is 25.8. The van der Waals surface area contributed by atoms with Crippen LogP contribution in [0.3, 0.4) is 0 Å². The van der Waals surface area contributed by atoms with Gasteiger partial charge in [-0.05, 0) is 63.3 Å². The number of benzene rings is 1. The van der Waals surface area contributed by atoms with E-state index in [2.05, 4.69) is 85.9 Å². The summed E-state index contributed by atoms with van der Waals surface area (Å²) in [6.45, 7) is 9.20. The number of thiazole rings is 4. The number of carbonyl (C=O) groups excluding carboxylic acids is 12. The molecule has 33 nitrogen and oxygen atoms in total. The molecule has 2 aliphatic rings. The van der Waals surface area contributed by atoms with Crippen molar-refractivity contribution in [3.8, 4) is 22.1 Å². The molecule has 37 heteroatoms. The molecule has 1 aromatic carbocycles. The average Bonchev–Trinajstić information content (AvgIpc) is 1.52. The van der Waals surface area contributed by atoms with Crippen molar-refractivity contribution in [1.82, 2.24) is 82.7 Å². The van der Waals surface area contributed by atoms with Crippen LogP contribution in [0.5, 0.6) is 0 Å². The third-order valence-corrected chi connectivity index (χ3v) is 18.9. The van der Waals surface area contributed by atoms with Gasteiger partial charge in [-0.2, -0.15) is 0 Å². The quantitative estimate of drug-likeness (QED) is 0.0620. The summed E-state index contributed by atoms with van der Waals surface area (Å²) in [5, 5.41) is 49.8. The van der Waals surface area contributed by atoms with Crippen LogP contribution in [0.25, 0.3) is 44.4 Å². The van der Waals surface area contributed by atoms with E-state index in [4.69, 9.17) is 16.5 Å². The van der Waals surface area contributed by atoms with Gasteiger partial charge in [0, 0.05) is 64.4 Å². The first-order valence-electron chi connectivity index (χ1n) is 30.0. The number of amides is 12. The number of aliphatic hydroxyl groups is 1. The summed E-state index contributed by atoms with van der Waals surface area (Å²) in [7, 11) is 0. The number of primary amides is 2. The van der Waals surface area contributed by atoms with Gasteiger partial charge >= 0.3 is 5.97 Å². The molecule has 12 amide bonds. The van der Waals surface area contributed by atoms with Gasteiger partial charge in [-0.25, -0.2) is 29.7 Å². The molecular weight excluding hydrogens is 1350 g/mol. The summed E-state index contributed by atoms with van der Waals surface area (Å²) in [6.07, 6.45) is 0.850. The summed E-state index contributed by atoms with van der Waals surface area (Å²) < 4.78 is 0. The van der Waals surface area contributed by atoms with E-state index in [1.54, 1.807) is 30.5 Å². The minimum atomic E-state index is -1.44. The number of rotatable bonds is 16. The molecule has 7 aromatic rings. The number of nitrogens with zero attached hydrogens (tertiary/aromatic N) is 6. The molecule has 1 saturated heterocycles. The van der Waals surface area contributed by atoms with Gasteiger partial charge in [0.05, 0.1) is 35.8 Å². The van der Waals surface area contributed by atoms with Gasteiger partial charge in [0.2, 0.25) is 47.3 Å². The average molecular weight is 1420 g/mol. The molecule has 512 valence electrons. The first-order valence-corrected chi connectivity index (χ1v) is 33.5. The topological polar surface area (TPSA) is 506 Å².